The van der Waals surface area contributed by atoms with E-state index in [1.54, 1.807) is 17.2 Å². The zero-order chi connectivity index (χ0) is 20.8. The van der Waals surface area contributed by atoms with Crippen molar-refractivity contribution in [1.82, 2.24) is 0 Å². The summed E-state index contributed by atoms with van der Waals surface area (Å²) in [6, 6.07) is 20.3. The Bertz CT molecular complexity index is 1100. The minimum absolute atomic E-state index is 0.0993. The summed E-state index contributed by atoms with van der Waals surface area (Å²) in [5, 5.41) is 11.3. The van der Waals surface area contributed by atoms with Crippen molar-refractivity contribution in [2.24, 2.45) is 5.92 Å². The van der Waals surface area contributed by atoms with Crippen molar-refractivity contribution in [2.45, 2.75) is 12.1 Å². The van der Waals surface area contributed by atoms with Gasteiger partial charge in [-0.25, -0.2) is 14.4 Å². The quantitative estimate of drug-likeness (QED) is 0.676. The predicted molar refractivity (Wildman–Crippen MR) is 107 cm³/mol. The zero-order valence-corrected chi connectivity index (χ0v) is 15.7. The van der Waals surface area contributed by atoms with Crippen LogP contribution in [0.5, 0.6) is 5.75 Å². The first kappa shape index (κ1) is 18.3. The van der Waals surface area contributed by atoms with Crippen molar-refractivity contribution in [3.8, 4) is 5.75 Å². The molecule has 2 amide bonds. The summed E-state index contributed by atoms with van der Waals surface area (Å²) in [6.07, 6.45) is -0.999. The number of amides is 2. The van der Waals surface area contributed by atoms with Gasteiger partial charge >= 0.3 is 0 Å². The molecule has 0 spiro atoms. The van der Waals surface area contributed by atoms with Gasteiger partial charge in [0.05, 0.1) is 17.4 Å². The first-order valence-corrected chi connectivity index (χ1v) is 9.48. The summed E-state index contributed by atoms with van der Waals surface area (Å²) in [4.78, 5) is 33.5. The molecule has 0 bridgehead atoms. The molecule has 5 rings (SSSR count). The summed E-state index contributed by atoms with van der Waals surface area (Å²) in [5.74, 6) is -2.03. The highest BCUT2D eigenvalue weighted by molar-refractivity contribution is 6.23. The first-order chi connectivity index (χ1) is 14.5. The van der Waals surface area contributed by atoms with Crippen LogP contribution in [0.3, 0.4) is 0 Å². The van der Waals surface area contributed by atoms with Crippen molar-refractivity contribution in [3.05, 3.63) is 90.2 Å². The third kappa shape index (κ3) is 2.83. The second-order valence-electron chi connectivity index (χ2n) is 7.24. The Balaban J connectivity index is 1.58. The molecule has 7 heteroatoms. The molecule has 2 aliphatic rings. The SMILES string of the molecule is O=C1[C@@H]2[C@@H](ON(c3ccccc3)[C@H]2c2ccc(O)cc2)C(=O)N1c1ccc(F)cc1. The van der Waals surface area contributed by atoms with Gasteiger partial charge in [-0.2, -0.15) is 0 Å². The van der Waals surface area contributed by atoms with Crippen molar-refractivity contribution < 1.29 is 23.9 Å². The second kappa shape index (κ2) is 6.96. The van der Waals surface area contributed by atoms with Crippen LogP contribution in [0.15, 0.2) is 78.9 Å². The molecular formula is C23H17FN2O4. The molecule has 0 saturated carbocycles. The fraction of sp³-hybridized carbons (Fsp3) is 0.130. The minimum atomic E-state index is -0.999. The maximum absolute atomic E-state index is 13.4. The van der Waals surface area contributed by atoms with E-state index in [0.29, 0.717) is 11.4 Å². The molecule has 3 atom stereocenters. The van der Waals surface area contributed by atoms with Gasteiger partial charge in [0.2, 0.25) is 5.91 Å². The molecule has 0 aromatic heterocycles. The largest absolute Gasteiger partial charge is 0.508 e. The number of imide groups is 1. The molecule has 3 aromatic carbocycles. The van der Waals surface area contributed by atoms with Gasteiger partial charge in [-0.05, 0) is 54.1 Å². The van der Waals surface area contributed by atoms with E-state index in [2.05, 4.69) is 0 Å². The molecule has 0 unspecified atom stereocenters. The first-order valence-electron chi connectivity index (χ1n) is 9.48. The van der Waals surface area contributed by atoms with Gasteiger partial charge in [0.1, 0.15) is 17.5 Å². The molecule has 30 heavy (non-hydrogen) atoms. The minimum Gasteiger partial charge on any atom is -0.508 e. The summed E-state index contributed by atoms with van der Waals surface area (Å²) in [7, 11) is 0. The number of phenolic OH excluding ortho intramolecular Hbond substituents is 1. The Hall–Kier alpha value is -3.71. The molecule has 6 nitrogen and oxygen atoms in total. The van der Waals surface area contributed by atoms with Crippen LogP contribution in [0.25, 0.3) is 0 Å². The number of phenols is 1. The molecule has 1 N–H and O–H groups in total. The Morgan fingerprint density at radius 1 is 0.800 bits per heavy atom. The van der Waals surface area contributed by atoms with Crippen molar-refractivity contribution in [2.75, 3.05) is 9.96 Å². The van der Waals surface area contributed by atoms with E-state index < -0.39 is 35.7 Å². The lowest BCUT2D eigenvalue weighted by Crippen LogP contribution is -2.37. The molecule has 2 saturated heterocycles. The third-order valence-electron chi connectivity index (χ3n) is 5.45. The van der Waals surface area contributed by atoms with Gasteiger partial charge in [-0.3, -0.25) is 14.4 Å². The summed E-state index contributed by atoms with van der Waals surface area (Å²) >= 11 is 0. The second-order valence-corrected chi connectivity index (χ2v) is 7.24. The average Bonchev–Trinajstić information content (AvgIpc) is 3.27. The van der Waals surface area contributed by atoms with Gasteiger partial charge < -0.3 is 5.11 Å². The van der Waals surface area contributed by atoms with Crippen molar-refractivity contribution in [3.63, 3.8) is 0 Å². The zero-order valence-electron chi connectivity index (χ0n) is 15.7. The Morgan fingerprint density at radius 2 is 1.47 bits per heavy atom. The number of halogens is 1. The monoisotopic (exact) mass is 404 g/mol. The molecule has 3 aromatic rings. The number of para-hydroxylation sites is 1. The van der Waals surface area contributed by atoms with Gasteiger partial charge in [0, 0.05) is 0 Å². The average molecular weight is 404 g/mol. The summed E-state index contributed by atoms with van der Waals surface area (Å²) in [5.41, 5.74) is 1.74. The molecule has 0 radical (unpaired) electrons. The number of anilines is 2. The number of hydrogen-bond donors (Lipinski definition) is 1. The molecule has 150 valence electrons. The summed E-state index contributed by atoms with van der Waals surface area (Å²) < 4.78 is 13.3. The Kier molecular flexibility index (Phi) is 4.25. The number of carbonyl (C=O) groups excluding carboxylic acids is 2. The van der Waals surface area contributed by atoms with Crippen molar-refractivity contribution >= 4 is 23.2 Å². The number of rotatable bonds is 3. The number of nitrogens with zero attached hydrogens (tertiary/aromatic N) is 2. The number of carbonyl (C=O) groups is 2. The lowest BCUT2D eigenvalue weighted by molar-refractivity contribution is -0.126. The van der Waals surface area contributed by atoms with Gasteiger partial charge in [-0.15, -0.1) is 0 Å². The number of aromatic hydroxyl groups is 1. The van der Waals surface area contributed by atoms with Crippen LogP contribution in [0.1, 0.15) is 11.6 Å². The molecule has 2 fully saturated rings. The van der Waals surface area contributed by atoms with E-state index in [1.165, 1.54) is 36.4 Å². The maximum Gasteiger partial charge on any atom is 0.266 e. The molecule has 2 aliphatic heterocycles. The van der Waals surface area contributed by atoms with Gasteiger partial charge in [0.15, 0.2) is 6.10 Å². The van der Waals surface area contributed by atoms with Crippen LogP contribution in [0.4, 0.5) is 15.8 Å². The van der Waals surface area contributed by atoms with E-state index in [0.717, 1.165) is 10.5 Å². The molecule has 2 heterocycles. The predicted octanol–water partition coefficient (Wildman–Crippen LogP) is 3.58. The summed E-state index contributed by atoms with van der Waals surface area (Å²) in [6.45, 7) is 0. The normalized spacial score (nSPS) is 23.2. The van der Waals surface area contributed by atoms with Gasteiger partial charge in [-0.1, -0.05) is 30.3 Å². The van der Waals surface area contributed by atoms with Crippen LogP contribution in [-0.4, -0.2) is 23.0 Å². The molecular weight excluding hydrogens is 387 g/mol. The van der Waals surface area contributed by atoms with Crippen LogP contribution in [-0.2, 0) is 14.4 Å². The van der Waals surface area contributed by atoms with Crippen LogP contribution in [0, 0.1) is 11.7 Å². The fourth-order valence-corrected chi connectivity index (χ4v) is 4.07. The standard InChI is InChI=1S/C23H17FN2O4/c24-15-8-10-16(11-9-15)25-22(28)19-20(14-6-12-18(27)13-7-14)26(30-21(19)23(25)29)17-4-2-1-3-5-17/h1-13,19-21,27H/t19-,20-,21+/m0/s1. The fourth-order valence-electron chi connectivity index (χ4n) is 4.07. The van der Waals surface area contributed by atoms with E-state index in [4.69, 9.17) is 4.84 Å². The molecule has 0 aliphatic carbocycles. The van der Waals surface area contributed by atoms with Crippen LogP contribution in [0.2, 0.25) is 0 Å². The number of hydrogen-bond acceptors (Lipinski definition) is 5. The van der Waals surface area contributed by atoms with Crippen LogP contribution >= 0.6 is 0 Å². The van der Waals surface area contributed by atoms with E-state index in [-0.39, 0.29) is 5.75 Å². The lowest BCUT2D eigenvalue weighted by atomic mass is 9.90. The van der Waals surface area contributed by atoms with Crippen LogP contribution < -0.4 is 9.96 Å². The highest BCUT2D eigenvalue weighted by Crippen LogP contribution is 2.47. The number of hydroxylamine groups is 1. The Labute approximate surface area is 171 Å². The topological polar surface area (TPSA) is 70.1 Å². The maximum atomic E-state index is 13.4. The van der Waals surface area contributed by atoms with E-state index in [9.17, 15) is 19.1 Å². The Morgan fingerprint density at radius 3 is 2.13 bits per heavy atom. The van der Waals surface area contributed by atoms with Gasteiger partial charge in [0.25, 0.3) is 5.91 Å². The smallest absolute Gasteiger partial charge is 0.266 e. The van der Waals surface area contributed by atoms with E-state index >= 15 is 0 Å². The number of fused-ring (bicyclic) bond motifs is 1. The van der Waals surface area contributed by atoms with E-state index in [1.807, 2.05) is 30.3 Å². The highest BCUT2D eigenvalue weighted by atomic mass is 19.1. The highest BCUT2D eigenvalue weighted by Gasteiger charge is 2.60. The lowest BCUT2D eigenvalue weighted by Gasteiger charge is -2.28. The number of benzene rings is 3. The van der Waals surface area contributed by atoms with Crippen molar-refractivity contribution in [1.29, 1.82) is 0 Å². The third-order valence-corrected chi connectivity index (χ3v) is 5.45.